The number of imidazole rings is 1. The quantitative estimate of drug-likeness (QED) is 0.873. The fourth-order valence-corrected chi connectivity index (χ4v) is 2.97. The van der Waals surface area contributed by atoms with Gasteiger partial charge in [0.15, 0.2) is 6.10 Å². The molecule has 5 heteroatoms. The summed E-state index contributed by atoms with van der Waals surface area (Å²) in [6.07, 6.45) is -0.551. The molecule has 2 heterocycles. The second kappa shape index (κ2) is 5.93. The highest BCUT2D eigenvalue weighted by Gasteiger charge is 2.29. The van der Waals surface area contributed by atoms with Crippen LogP contribution in [-0.2, 0) is 22.6 Å². The van der Waals surface area contributed by atoms with E-state index >= 15 is 0 Å². The first-order valence-electron chi connectivity index (χ1n) is 7.51. The Morgan fingerprint density at radius 2 is 1.95 bits per heavy atom. The summed E-state index contributed by atoms with van der Waals surface area (Å²) in [5.74, 6) is 0.954. The highest BCUT2D eigenvalue weighted by atomic mass is 16.5. The Kier molecular flexibility index (Phi) is 3.98. The van der Waals surface area contributed by atoms with E-state index in [1.165, 1.54) is 5.69 Å². The summed E-state index contributed by atoms with van der Waals surface area (Å²) in [7, 11) is 1.58. The number of hydrogen-bond acceptors (Lipinski definition) is 3. The molecule has 0 saturated heterocycles. The lowest BCUT2D eigenvalue weighted by Gasteiger charge is -2.31. The maximum absolute atomic E-state index is 12.8. The Morgan fingerprint density at radius 3 is 2.64 bits per heavy atom. The van der Waals surface area contributed by atoms with Crippen LogP contribution in [0.25, 0.3) is 0 Å². The highest BCUT2D eigenvalue weighted by Crippen LogP contribution is 2.23. The van der Waals surface area contributed by atoms with E-state index in [9.17, 15) is 4.79 Å². The summed E-state index contributed by atoms with van der Waals surface area (Å²) in [4.78, 5) is 19.2. The second-order valence-corrected chi connectivity index (χ2v) is 5.64. The number of nitrogens with zero attached hydrogens (tertiary/aromatic N) is 3. The van der Waals surface area contributed by atoms with Crippen molar-refractivity contribution in [3.05, 3.63) is 53.1 Å². The average Bonchev–Trinajstić information content (AvgIpc) is 2.83. The zero-order chi connectivity index (χ0) is 15.7. The Morgan fingerprint density at radius 1 is 1.23 bits per heavy atom. The molecule has 0 N–H and O–H groups in total. The summed E-state index contributed by atoms with van der Waals surface area (Å²) >= 11 is 0. The molecule has 0 aliphatic carbocycles. The molecule has 0 fully saturated rings. The van der Waals surface area contributed by atoms with Crippen molar-refractivity contribution in [1.29, 1.82) is 0 Å². The van der Waals surface area contributed by atoms with Gasteiger partial charge in [0, 0.05) is 25.9 Å². The molecular formula is C17H21N3O2. The molecule has 3 rings (SSSR count). The van der Waals surface area contributed by atoms with Crippen LogP contribution in [0.15, 0.2) is 30.3 Å². The van der Waals surface area contributed by atoms with Gasteiger partial charge in [-0.05, 0) is 19.4 Å². The monoisotopic (exact) mass is 299 g/mol. The lowest BCUT2D eigenvalue weighted by Crippen LogP contribution is -2.41. The summed E-state index contributed by atoms with van der Waals surface area (Å²) in [5.41, 5.74) is 3.11. The van der Waals surface area contributed by atoms with Crippen molar-refractivity contribution >= 4 is 5.91 Å². The van der Waals surface area contributed by atoms with Crippen molar-refractivity contribution < 1.29 is 9.53 Å². The van der Waals surface area contributed by atoms with Gasteiger partial charge in [-0.3, -0.25) is 4.79 Å². The molecule has 116 valence electrons. The number of carbonyl (C=O) groups is 1. The van der Waals surface area contributed by atoms with Crippen molar-refractivity contribution in [2.24, 2.45) is 0 Å². The van der Waals surface area contributed by atoms with Crippen LogP contribution in [-0.4, -0.2) is 34.0 Å². The Labute approximate surface area is 130 Å². The third-order valence-corrected chi connectivity index (χ3v) is 4.34. The molecule has 2 aromatic rings. The van der Waals surface area contributed by atoms with Gasteiger partial charge in [-0.2, -0.15) is 0 Å². The Hall–Kier alpha value is -2.14. The van der Waals surface area contributed by atoms with Crippen molar-refractivity contribution in [1.82, 2.24) is 14.5 Å². The normalized spacial score (nSPS) is 15.5. The molecule has 1 aromatic carbocycles. The van der Waals surface area contributed by atoms with Gasteiger partial charge in [0.1, 0.15) is 5.82 Å². The zero-order valence-corrected chi connectivity index (χ0v) is 13.2. The smallest absolute Gasteiger partial charge is 0.256 e. The van der Waals surface area contributed by atoms with Gasteiger partial charge in [0.05, 0.1) is 12.2 Å². The molecule has 1 aliphatic rings. The molecule has 0 saturated carbocycles. The van der Waals surface area contributed by atoms with E-state index in [0.717, 1.165) is 23.6 Å². The number of benzene rings is 1. The molecule has 22 heavy (non-hydrogen) atoms. The summed E-state index contributed by atoms with van der Waals surface area (Å²) in [5, 5.41) is 0. The number of rotatable bonds is 3. The predicted molar refractivity (Wildman–Crippen MR) is 83.3 cm³/mol. The van der Waals surface area contributed by atoms with E-state index in [2.05, 4.69) is 16.5 Å². The molecular weight excluding hydrogens is 278 g/mol. The number of aryl methyl sites for hydroxylation is 1. The van der Waals surface area contributed by atoms with Crippen molar-refractivity contribution in [3.63, 3.8) is 0 Å². The summed E-state index contributed by atoms with van der Waals surface area (Å²) < 4.78 is 7.65. The first-order chi connectivity index (χ1) is 10.6. The third kappa shape index (κ3) is 2.52. The largest absolute Gasteiger partial charge is 0.367 e. The number of fused-ring (bicyclic) bond motifs is 1. The number of hydrogen-bond donors (Lipinski definition) is 0. The van der Waals surface area contributed by atoms with Crippen LogP contribution in [0.5, 0.6) is 0 Å². The molecule has 0 spiro atoms. The Balaban J connectivity index is 1.81. The van der Waals surface area contributed by atoms with Crippen LogP contribution in [0.3, 0.4) is 0 Å². The lowest BCUT2D eigenvalue weighted by atomic mass is 10.1. The SMILES string of the molecule is CO[C@@H](C(=O)N1CCn2c(nc(C)c2C)C1)c1ccccc1. The van der Waals surface area contributed by atoms with Crippen LogP contribution in [0, 0.1) is 13.8 Å². The van der Waals surface area contributed by atoms with Gasteiger partial charge in [-0.25, -0.2) is 4.98 Å². The number of ether oxygens (including phenoxy) is 1. The molecule has 1 amide bonds. The Bertz CT molecular complexity index is 679. The fourth-order valence-electron chi connectivity index (χ4n) is 2.97. The predicted octanol–water partition coefficient (Wildman–Crippen LogP) is 2.23. The minimum atomic E-state index is -0.551. The molecule has 1 aromatic heterocycles. The number of amides is 1. The highest BCUT2D eigenvalue weighted by molar-refractivity contribution is 5.82. The number of aromatic nitrogens is 2. The fraction of sp³-hybridized carbons (Fsp3) is 0.412. The van der Waals surface area contributed by atoms with Gasteiger partial charge >= 0.3 is 0 Å². The molecule has 0 bridgehead atoms. The maximum Gasteiger partial charge on any atom is 0.256 e. The standard InChI is InChI=1S/C17H21N3O2/c1-12-13(2)20-10-9-19(11-15(20)18-12)17(21)16(22-3)14-7-5-4-6-8-14/h4-8,16H,9-11H2,1-3H3/t16-/m1/s1. The first-order valence-corrected chi connectivity index (χ1v) is 7.51. The van der Waals surface area contributed by atoms with E-state index in [1.54, 1.807) is 7.11 Å². The van der Waals surface area contributed by atoms with Crippen molar-refractivity contribution in [3.8, 4) is 0 Å². The third-order valence-electron chi connectivity index (χ3n) is 4.34. The lowest BCUT2D eigenvalue weighted by molar-refractivity contribution is -0.144. The van der Waals surface area contributed by atoms with Gasteiger partial charge in [0.2, 0.25) is 0 Å². The second-order valence-electron chi connectivity index (χ2n) is 5.64. The van der Waals surface area contributed by atoms with E-state index in [0.29, 0.717) is 13.1 Å². The zero-order valence-electron chi connectivity index (χ0n) is 13.2. The number of methoxy groups -OCH3 is 1. The molecule has 0 unspecified atom stereocenters. The topological polar surface area (TPSA) is 47.4 Å². The van der Waals surface area contributed by atoms with Crippen LogP contribution in [0.4, 0.5) is 0 Å². The van der Waals surface area contributed by atoms with Crippen molar-refractivity contribution in [2.75, 3.05) is 13.7 Å². The van der Waals surface area contributed by atoms with Gasteiger partial charge in [-0.15, -0.1) is 0 Å². The molecule has 1 aliphatic heterocycles. The average molecular weight is 299 g/mol. The van der Waals surface area contributed by atoms with E-state index in [4.69, 9.17) is 4.74 Å². The van der Waals surface area contributed by atoms with E-state index in [-0.39, 0.29) is 5.91 Å². The van der Waals surface area contributed by atoms with Crippen LogP contribution < -0.4 is 0 Å². The van der Waals surface area contributed by atoms with Gasteiger partial charge < -0.3 is 14.2 Å². The minimum Gasteiger partial charge on any atom is -0.367 e. The molecule has 0 radical (unpaired) electrons. The van der Waals surface area contributed by atoms with E-state index in [1.807, 2.05) is 42.2 Å². The first kappa shape index (κ1) is 14.8. The van der Waals surface area contributed by atoms with Crippen LogP contribution in [0.1, 0.15) is 28.9 Å². The summed E-state index contributed by atoms with van der Waals surface area (Å²) in [6.45, 7) is 6.11. The van der Waals surface area contributed by atoms with Crippen LogP contribution in [0.2, 0.25) is 0 Å². The molecule has 1 atom stereocenters. The van der Waals surface area contributed by atoms with Crippen LogP contribution >= 0.6 is 0 Å². The van der Waals surface area contributed by atoms with Gasteiger partial charge in [-0.1, -0.05) is 30.3 Å². The van der Waals surface area contributed by atoms with Gasteiger partial charge in [0.25, 0.3) is 5.91 Å². The summed E-state index contributed by atoms with van der Waals surface area (Å²) in [6, 6.07) is 9.62. The maximum atomic E-state index is 12.8. The minimum absolute atomic E-state index is 0.00161. The van der Waals surface area contributed by atoms with E-state index < -0.39 is 6.10 Å². The number of carbonyl (C=O) groups excluding carboxylic acids is 1. The van der Waals surface area contributed by atoms with Crippen molar-refractivity contribution in [2.45, 2.75) is 33.0 Å². The molecule has 5 nitrogen and oxygen atoms in total.